The van der Waals surface area contributed by atoms with E-state index in [-0.39, 0.29) is 75.5 Å². The highest BCUT2D eigenvalue weighted by Gasteiger charge is 2.45. The van der Waals surface area contributed by atoms with E-state index in [9.17, 15) is 13.2 Å². The largest absolute Gasteiger partial charge is 0.414 e. The number of carbonyl (C=O) groups is 1. The number of allylic oxidation sites excluding steroid dienone is 1. The summed E-state index contributed by atoms with van der Waals surface area (Å²) in [4.78, 5) is 14.3. The summed E-state index contributed by atoms with van der Waals surface area (Å²) in [5.74, 6) is -0.169. The second-order valence-electron chi connectivity index (χ2n) is 21.0. The first kappa shape index (κ1) is 50.2. The number of hydrogen-bond acceptors (Lipinski definition) is 9. The fourth-order valence-electron chi connectivity index (χ4n) is 8.03. The fraction of sp³-hybridized carbons (Fsp3) is 0.766. The van der Waals surface area contributed by atoms with E-state index >= 15 is 0 Å². The molecule has 0 aliphatic carbocycles. The van der Waals surface area contributed by atoms with Crippen molar-refractivity contribution in [1.29, 1.82) is 0 Å². The Hall–Kier alpha value is -1.49. The van der Waals surface area contributed by atoms with Gasteiger partial charge in [-0.05, 0) is 110 Å². The summed E-state index contributed by atoms with van der Waals surface area (Å²) in [6.07, 6.45) is 5.54. The SMILES string of the molecule is C=C(C(=O)C[C@@H]1O[C@H](C[C@@H](CO[Si](C)(C)C(C)(C)C)O[Si](C)(C)C(C)(C)C)C[C@H]1CS(=O)(=O)c1ccccc1)C(C)C[C@@H](C)CC[C@@H]1O[C@@H](CCC2OCCO2)CC1=C. The molecule has 59 heavy (non-hydrogen) atoms. The van der Waals surface area contributed by atoms with E-state index in [0.29, 0.717) is 44.2 Å². The second-order valence-corrected chi connectivity index (χ2v) is 32.6. The van der Waals surface area contributed by atoms with Crippen molar-refractivity contribution in [1.82, 2.24) is 0 Å². The van der Waals surface area contributed by atoms with Gasteiger partial charge in [0.2, 0.25) is 0 Å². The quantitative estimate of drug-likeness (QED) is 0.0639. The maximum absolute atomic E-state index is 14.0. The molecule has 4 rings (SSSR count). The van der Waals surface area contributed by atoms with Gasteiger partial charge in [0.25, 0.3) is 0 Å². The van der Waals surface area contributed by atoms with Crippen molar-refractivity contribution >= 4 is 32.3 Å². The lowest BCUT2D eigenvalue weighted by Crippen LogP contribution is -2.48. The van der Waals surface area contributed by atoms with Crippen LogP contribution in [0, 0.1) is 17.8 Å². The number of rotatable bonds is 22. The van der Waals surface area contributed by atoms with Crippen LogP contribution < -0.4 is 0 Å². The molecule has 0 amide bonds. The summed E-state index contributed by atoms with van der Waals surface area (Å²) < 4.78 is 65.7. The standard InChI is InChI=1S/C47H80O9SSi2/c1-33(20-22-43-35(3)27-38(54-43)21-23-45-51-24-25-52-45)26-34(2)36(4)42(48)30-44-37(32-57(49,50)41-18-16-15-17-19-41)28-39(55-44)29-40(56-59(13,14)47(8,9)10)31-53-58(11,12)46(5,6)7/h15-19,33-34,37-40,43-45H,3-4,20-32H2,1-2,5-14H3/t33-,34?,37-,38-,39-,40-,43-,44-/m0/s1. The zero-order valence-corrected chi connectivity index (χ0v) is 41.6. The molecule has 12 heteroatoms. The van der Waals surface area contributed by atoms with Crippen LogP contribution in [-0.4, -0.2) is 93.2 Å². The van der Waals surface area contributed by atoms with E-state index < -0.39 is 32.6 Å². The van der Waals surface area contributed by atoms with Crippen molar-refractivity contribution in [2.24, 2.45) is 17.8 Å². The van der Waals surface area contributed by atoms with Gasteiger partial charge in [0, 0.05) is 25.2 Å². The molecule has 8 atom stereocenters. The lowest BCUT2D eigenvalue weighted by Gasteiger charge is -2.42. The lowest BCUT2D eigenvalue weighted by molar-refractivity contribution is -0.119. The van der Waals surface area contributed by atoms with Crippen molar-refractivity contribution in [2.75, 3.05) is 25.6 Å². The van der Waals surface area contributed by atoms with E-state index in [1.807, 2.05) is 6.07 Å². The number of ketones is 1. The Labute approximate surface area is 360 Å². The predicted molar refractivity (Wildman–Crippen MR) is 243 cm³/mol. The van der Waals surface area contributed by atoms with E-state index in [1.165, 1.54) is 0 Å². The summed E-state index contributed by atoms with van der Waals surface area (Å²) in [6, 6.07) is 8.60. The van der Waals surface area contributed by atoms with E-state index in [0.717, 1.165) is 44.1 Å². The fourth-order valence-corrected chi connectivity index (χ4v) is 12.1. The second kappa shape index (κ2) is 20.8. The maximum Gasteiger partial charge on any atom is 0.192 e. The van der Waals surface area contributed by atoms with Gasteiger partial charge in [-0.2, -0.15) is 0 Å². The Morgan fingerprint density at radius 1 is 0.898 bits per heavy atom. The zero-order chi connectivity index (χ0) is 44.0. The van der Waals surface area contributed by atoms with Crippen molar-refractivity contribution in [3.63, 3.8) is 0 Å². The Bertz CT molecular complexity index is 1640. The molecule has 0 radical (unpaired) electrons. The first-order valence-corrected chi connectivity index (χ1v) is 29.8. The Kier molecular flexibility index (Phi) is 17.7. The van der Waals surface area contributed by atoms with Crippen LogP contribution >= 0.6 is 0 Å². The van der Waals surface area contributed by atoms with Crippen LogP contribution in [-0.2, 0) is 42.4 Å². The summed E-state index contributed by atoms with van der Waals surface area (Å²) in [6.45, 7) is 37.1. The summed E-state index contributed by atoms with van der Waals surface area (Å²) >= 11 is 0. The van der Waals surface area contributed by atoms with Crippen LogP contribution in [0.3, 0.4) is 0 Å². The summed E-state index contributed by atoms with van der Waals surface area (Å²) in [5, 5.41) is 0.0408. The lowest BCUT2D eigenvalue weighted by atomic mass is 9.85. The Morgan fingerprint density at radius 2 is 1.53 bits per heavy atom. The van der Waals surface area contributed by atoms with Crippen molar-refractivity contribution in [3.8, 4) is 0 Å². The Morgan fingerprint density at radius 3 is 2.14 bits per heavy atom. The number of hydrogen-bond donors (Lipinski definition) is 0. The molecule has 3 fully saturated rings. The van der Waals surface area contributed by atoms with Gasteiger partial charge in [-0.15, -0.1) is 0 Å². The molecule has 3 aliphatic rings. The minimum absolute atomic E-state index is 0.00290. The number of carbonyl (C=O) groups excluding carboxylic acids is 1. The number of ether oxygens (including phenoxy) is 4. The predicted octanol–water partition coefficient (Wildman–Crippen LogP) is 10.9. The van der Waals surface area contributed by atoms with Gasteiger partial charge in [-0.25, -0.2) is 8.42 Å². The van der Waals surface area contributed by atoms with Gasteiger partial charge in [0.05, 0.1) is 61.0 Å². The van der Waals surface area contributed by atoms with Crippen LogP contribution in [0.2, 0.25) is 36.3 Å². The molecule has 0 saturated carbocycles. The van der Waals surface area contributed by atoms with Crippen LogP contribution in [0.1, 0.15) is 113 Å². The summed E-state index contributed by atoms with van der Waals surface area (Å²) in [5.41, 5.74) is 1.73. The van der Waals surface area contributed by atoms with Crippen LogP contribution in [0.25, 0.3) is 0 Å². The molecule has 0 aromatic heterocycles. The van der Waals surface area contributed by atoms with Gasteiger partial charge in [0.15, 0.2) is 38.5 Å². The smallest absolute Gasteiger partial charge is 0.192 e. The van der Waals surface area contributed by atoms with Gasteiger partial charge < -0.3 is 27.8 Å². The molecule has 1 unspecified atom stereocenters. The van der Waals surface area contributed by atoms with Gasteiger partial charge in [0.1, 0.15) is 0 Å². The summed E-state index contributed by atoms with van der Waals surface area (Å²) in [7, 11) is -7.90. The number of sulfone groups is 1. The molecule has 1 aromatic carbocycles. The van der Waals surface area contributed by atoms with Crippen LogP contribution in [0.4, 0.5) is 0 Å². The van der Waals surface area contributed by atoms with Crippen molar-refractivity contribution < 1.29 is 41.0 Å². The molecule has 0 bridgehead atoms. The monoisotopic (exact) mass is 877 g/mol. The molecule has 336 valence electrons. The topological polar surface area (TPSA) is 107 Å². The minimum Gasteiger partial charge on any atom is -0.414 e. The molecular formula is C47H80O9SSi2. The zero-order valence-electron chi connectivity index (χ0n) is 38.8. The van der Waals surface area contributed by atoms with Gasteiger partial charge >= 0.3 is 0 Å². The third-order valence-electron chi connectivity index (χ3n) is 14.0. The average Bonchev–Trinajstić information content (AvgIpc) is 3.88. The average molecular weight is 877 g/mol. The molecule has 9 nitrogen and oxygen atoms in total. The van der Waals surface area contributed by atoms with Crippen LogP contribution in [0.15, 0.2) is 59.5 Å². The van der Waals surface area contributed by atoms with Crippen molar-refractivity contribution in [2.45, 2.75) is 191 Å². The van der Waals surface area contributed by atoms with Crippen molar-refractivity contribution in [3.05, 3.63) is 54.6 Å². The van der Waals surface area contributed by atoms with Crippen LogP contribution in [0.5, 0.6) is 0 Å². The third kappa shape index (κ3) is 14.5. The van der Waals surface area contributed by atoms with E-state index in [4.69, 9.17) is 27.8 Å². The first-order valence-electron chi connectivity index (χ1n) is 22.3. The third-order valence-corrected chi connectivity index (χ3v) is 24.9. The molecule has 1 aromatic rings. The molecule has 0 spiro atoms. The molecular weight excluding hydrogens is 797 g/mol. The molecule has 3 heterocycles. The molecule has 3 aliphatic heterocycles. The van der Waals surface area contributed by atoms with E-state index in [2.05, 4.69) is 94.7 Å². The van der Waals surface area contributed by atoms with Gasteiger partial charge in [-0.1, -0.05) is 86.7 Å². The molecule has 0 N–H and O–H groups in total. The highest BCUT2D eigenvalue weighted by molar-refractivity contribution is 7.91. The number of benzene rings is 1. The maximum atomic E-state index is 14.0. The number of Topliss-reactive ketones (excluding diaryl/α,β-unsaturated/α-hetero) is 1. The van der Waals surface area contributed by atoms with E-state index in [1.54, 1.807) is 24.3 Å². The van der Waals surface area contributed by atoms with Gasteiger partial charge in [-0.3, -0.25) is 4.79 Å². The molecule has 3 saturated heterocycles. The highest BCUT2D eigenvalue weighted by atomic mass is 32.2. The normalized spacial score (nSPS) is 25.4. The first-order chi connectivity index (χ1) is 27.3. The Balaban J connectivity index is 1.40. The minimum atomic E-state index is -3.62. The highest BCUT2D eigenvalue weighted by Crippen LogP contribution is 2.42.